The lowest BCUT2D eigenvalue weighted by atomic mass is 10.4. The summed E-state index contributed by atoms with van der Waals surface area (Å²) in [5, 5.41) is 3.92. The maximum absolute atomic E-state index is 11.3. The summed E-state index contributed by atoms with van der Waals surface area (Å²) in [6.45, 7) is 1.85. The third kappa shape index (κ3) is 1.04. The normalized spacial score (nSPS) is 10.8. The minimum absolute atomic E-state index is 0.0934. The largest absolute Gasteiger partial charge is 0.343 e. The van der Waals surface area contributed by atoms with Crippen LogP contribution in [-0.2, 0) is 0 Å². The molecule has 12 heavy (non-hydrogen) atoms. The molecule has 0 amide bonds. The first kappa shape index (κ1) is 7.78. The average Bonchev–Trinajstić information content (AvgIpc) is 2.33. The Bertz CT molecular complexity index is 485. The van der Waals surface area contributed by atoms with E-state index in [0.29, 0.717) is 0 Å². The molecular weight excluding hydrogens is 269 g/mol. The molecule has 0 saturated carbocycles. The van der Waals surface area contributed by atoms with Gasteiger partial charge in [0.05, 0.1) is 9.77 Å². The van der Waals surface area contributed by atoms with Gasteiger partial charge in [-0.2, -0.15) is 9.61 Å². The van der Waals surface area contributed by atoms with E-state index >= 15 is 0 Å². The lowest BCUT2D eigenvalue weighted by Crippen LogP contribution is -2.14. The van der Waals surface area contributed by atoms with E-state index in [1.807, 2.05) is 6.92 Å². The average molecular weight is 275 g/mol. The smallest absolute Gasteiger partial charge is 0.274 e. The summed E-state index contributed by atoms with van der Waals surface area (Å²) in [6, 6.07) is 1.52. The van der Waals surface area contributed by atoms with E-state index < -0.39 is 0 Å². The molecule has 1 N–H and O–H groups in total. The Morgan fingerprint density at radius 2 is 2.42 bits per heavy atom. The molecule has 2 aromatic heterocycles. The van der Waals surface area contributed by atoms with Crippen LogP contribution in [0.15, 0.2) is 17.1 Å². The van der Waals surface area contributed by atoms with Gasteiger partial charge in [-0.1, -0.05) is 0 Å². The van der Waals surface area contributed by atoms with Crippen LogP contribution in [0.1, 0.15) is 5.69 Å². The number of H-pyrrole nitrogens is 1. The number of aryl methyl sites for hydroxylation is 1. The van der Waals surface area contributed by atoms with Gasteiger partial charge in [-0.3, -0.25) is 4.79 Å². The SMILES string of the molecule is Cc1cc(=O)n2ncc(I)c2[nH]1. The fourth-order valence-corrected chi connectivity index (χ4v) is 1.57. The molecule has 0 aliphatic rings. The predicted molar refractivity (Wildman–Crippen MR) is 53.3 cm³/mol. The van der Waals surface area contributed by atoms with Gasteiger partial charge in [-0.05, 0) is 29.5 Å². The zero-order valence-corrected chi connectivity index (χ0v) is 8.49. The van der Waals surface area contributed by atoms with E-state index in [4.69, 9.17) is 0 Å². The zero-order valence-electron chi connectivity index (χ0n) is 6.34. The Kier molecular flexibility index (Phi) is 1.67. The standard InChI is InChI=1S/C7H6IN3O/c1-4-2-6(12)11-7(10-4)5(8)3-9-11/h2-3,10H,1H3. The summed E-state index contributed by atoms with van der Waals surface area (Å²) < 4.78 is 2.31. The number of aromatic amines is 1. The number of hydrogen-bond donors (Lipinski definition) is 1. The summed E-state index contributed by atoms with van der Waals surface area (Å²) in [7, 11) is 0. The van der Waals surface area contributed by atoms with Crippen molar-refractivity contribution in [2.45, 2.75) is 6.92 Å². The van der Waals surface area contributed by atoms with E-state index in [9.17, 15) is 4.79 Å². The summed E-state index contributed by atoms with van der Waals surface area (Å²) in [5.74, 6) is 0. The Morgan fingerprint density at radius 1 is 1.67 bits per heavy atom. The van der Waals surface area contributed by atoms with Gasteiger partial charge >= 0.3 is 0 Å². The van der Waals surface area contributed by atoms with Crippen LogP contribution in [-0.4, -0.2) is 14.6 Å². The molecule has 0 saturated heterocycles. The maximum atomic E-state index is 11.3. The van der Waals surface area contributed by atoms with Crippen LogP contribution in [0.2, 0.25) is 0 Å². The molecule has 0 atom stereocenters. The van der Waals surface area contributed by atoms with Gasteiger partial charge in [0.25, 0.3) is 5.56 Å². The Morgan fingerprint density at radius 3 is 3.17 bits per heavy atom. The molecule has 0 bridgehead atoms. The topological polar surface area (TPSA) is 50.2 Å². The van der Waals surface area contributed by atoms with Gasteiger partial charge in [0.1, 0.15) is 0 Å². The molecule has 2 heterocycles. The number of fused-ring (bicyclic) bond motifs is 1. The van der Waals surface area contributed by atoms with E-state index in [1.54, 1.807) is 6.20 Å². The molecular formula is C7H6IN3O. The van der Waals surface area contributed by atoms with Gasteiger partial charge in [-0.15, -0.1) is 0 Å². The van der Waals surface area contributed by atoms with Crippen LogP contribution >= 0.6 is 22.6 Å². The molecule has 0 spiro atoms. The van der Waals surface area contributed by atoms with Crippen LogP contribution in [0, 0.1) is 10.5 Å². The third-order valence-corrected chi connectivity index (χ3v) is 2.38. The number of halogens is 1. The van der Waals surface area contributed by atoms with Crippen molar-refractivity contribution in [3.05, 3.63) is 31.9 Å². The van der Waals surface area contributed by atoms with E-state index in [2.05, 4.69) is 32.7 Å². The van der Waals surface area contributed by atoms with Crippen molar-refractivity contribution in [2.24, 2.45) is 0 Å². The fourth-order valence-electron chi connectivity index (χ4n) is 1.08. The van der Waals surface area contributed by atoms with Gasteiger partial charge in [-0.25, -0.2) is 0 Å². The molecule has 0 aliphatic carbocycles. The number of nitrogens with one attached hydrogen (secondary N) is 1. The van der Waals surface area contributed by atoms with Gasteiger partial charge < -0.3 is 4.98 Å². The molecule has 2 rings (SSSR count). The van der Waals surface area contributed by atoms with Crippen LogP contribution in [0.25, 0.3) is 5.65 Å². The molecule has 62 valence electrons. The first-order chi connectivity index (χ1) is 5.68. The quantitative estimate of drug-likeness (QED) is 0.727. The van der Waals surface area contributed by atoms with Crippen LogP contribution in [0.5, 0.6) is 0 Å². The van der Waals surface area contributed by atoms with Crippen molar-refractivity contribution in [1.29, 1.82) is 0 Å². The highest BCUT2D eigenvalue weighted by Gasteiger charge is 2.03. The van der Waals surface area contributed by atoms with Crippen molar-refractivity contribution in [2.75, 3.05) is 0 Å². The van der Waals surface area contributed by atoms with Crippen LogP contribution in [0.3, 0.4) is 0 Å². The number of nitrogens with zero attached hydrogens (tertiary/aromatic N) is 2. The fraction of sp³-hybridized carbons (Fsp3) is 0.143. The lowest BCUT2D eigenvalue weighted by Gasteiger charge is -1.94. The molecule has 0 radical (unpaired) electrons. The zero-order chi connectivity index (χ0) is 8.72. The summed E-state index contributed by atoms with van der Waals surface area (Å²) in [5.41, 5.74) is 1.52. The first-order valence-electron chi connectivity index (χ1n) is 3.41. The predicted octanol–water partition coefficient (Wildman–Crippen LogP) is 0.936. The first-order valence-corrected chi connectivity index (χ1v) is 4.49. The monoisotopic (exact) mass is 275 g/mol. The van der Waals surface area contributed by atoms with Crippen molar-refractivity contribution in [3.63, 3.8) is 0 Å². The molecule has 2 aromatic rings. The highest BCUT2D eigenvalue weighted by Crippen LogP contribution is 2.08. The second-order valence-electron chi connectivity index (χ2n) is 2.54. The Balaban J connectivity index is 3.03. The van der Waals surface area contributed by atoms with E-state index in [-0.39, 0.29) is 5.56 Å². The molecule has 4 nitrogen and oxygen atoms in total. The summed E-state index contributed by atoms with van der Waals surface area (Å²) in [4.78, 5) is 14.4. The van der Waals surface area contributed by atoms with Crippen molar-refractivity contribution in [1.82, 2.24) is 14.6 Å². The third-order valence-electron chi connectivity index (χ3n) is 1.59. The highest BCUT2D eigenvalue weighted by atomic mass is 127. The van der Waals surface area contributed by atoms with E-state index in [1.165, 1.54) is 10.6 Å². The number of hydrogen-bond acceptors (Lipinski definition) is 2. The second kappa shape index (κ2) is 2.58. The van der Waals surface area contributed by atoms with Gasteiger partial charge in [0.15, 0.2) is 5.65 Å². The summed E-state index contributed by atoms with van der Waals surface area (Å²) in [6.07, 6.45) is 1.66. The van der Waals surface area contributed by atoms with Crippen molar-refractivity contribution < 1.29 is 0 Å². The molecule has 0 fully saturated rings. The highest BCUT2D eigenvalue weighted by molar-refractivity contribution is 14.1. The Hall–Kier alpha value is -0.850. The van der Waals surface area contributed by atoms with Crippen molar-refractivity contribution in [3.8, 4) is 0 Å². The van der Waals surface area contributed by atoms with Crippen LogP contribution < -0.4 is 5.56 Å². The van der Waals surface area contributed by atoms with Gasteiger partial charge in [0, 0.05) is 11.8 Å². The Labute approximate surface area is 81.7 Å². The number of rotatable bonds is 0. The van der Waals surface area contributed by atoms with Gasteiger partial charge in [0.2, 0.25) is 0 Å². The van der Waals surface area contributed by atoms with Crippen LogP contribution in [0.4, 0.5) is 0 Å². The number of aromatic nitrogens is 3. The molecule has 0 unspecified atom stereocenters. The molecule has 0 aliphatic heterocycles. The second-order valence-corrected chi connectivity index (χ2v) is 3.71. The molecule has 5 heteroatoms. The molecule has 0 aromatic carbocycles. The summed E-state index contributed by atoms with van der Waals surface area (Å²) >= 11 is 2.13. The maximum Gasteiger partial charge on any atom is 0.274 e. The lowest BCUT2D eigenvalue weighted by molar-refractivity contribution is 0.890. The minimum Gasteiger partial charge on any atom is -0.343 e. The van der Waals surface area contributed by atoms with Crippen molar-refractivity contribution >= 4 is 28.2 Å². The minimum atomic E-state index is -0.0934. The van der Waals surface area contributed by atoms with E-state index in [0.717, 1.165) is 14.9 Å².